The van der Waals surface area contributed by atoms with Gasteiger partial charge in [0.2, 0.25) is 0 Å². The van der Waals surface area contributed by atoms with E-state index in [0.717, 1.165) is 12.1 Å². The van der Waals surface area contributed by atoms with Gasteiger partial charge in [-0.05, 0) is 29.3 Å². The van der Waals surface area contributed by atoms with Gasteiger partial charge in [0.15, 0.2) is 11.6 Å². The summed E-state index contributed by atoms with van der Waals surface area (Å²) in [6.45, 7) is 0. The van der Waals surface area contributed by atoms with Crippen LogP contribution in [0.25, 0.3) is 11.1 Å². The Hall–Kier alpha value is -2.28. The summed E-state index contributed by atoms with van der Waals surface area (Å²) < 4.78 is 39.6. The molecule has 0 atom stereocenters. The Morgan fingerprint density at radius 1 is 0.889 bits per heavy atom. The Morgan fingerprint density at radius 2 is 1.67 bits per heavy atom. The van der Waals surface area contributed by atoms with Gasteiger partial charge in [-0.15, -0.1) is 0 Å². The molecular weight excluding hydrogens is 239 g/mol. The van der Waals surface area contributed by atoms with Crippen molar-refractivity contribution >= 4 is 0 Å². The van der Waals surface area contributed by atoms with E-state index in [9.17, 15) is 13.2 Å². The fraction of sp³-hybridized carbons (Fsp3) is 0.0714. The van der Waals surface area contributed by atoms with Crippen molar-refractivity contribution in [1.29, 1.82) is 5.26 Å². The molecule has 0 heterocycles. The van der Waals surface area contributed by atoms with E-state index in [1.807, 2.05) is 6.07 Å². The summed E-state index contributed by atoms with van der Waals surface area (Å²) in [6.07, 6.45) is 0.106. The third-order valence-corrected chi connectivity index (χ3v) is 2.55. The zero-order valence-electron chi connectivity index (χ0n) is 9.25. The number of nitrogens with zero attached hydrogens (tertiary/aromatic N) is 1. The number of rotatable bonds is 2. The highest BCUT2D eigenvalue weighted by atomic mass is 19.2. The van der Waals surface area contributed by atoms with Gasteiger partial charge in [-0.1, -0.05) is 18.2 Å². The Labute approximate surface area is 102 Å². The van der Waals surface area contributed by atoms with Crippen LogP contribution in [0.3, 0.4) is 0 Å². The first kappa shape index (κ1) is 12.2. The zero-order chi connectivity index (χ0) is 13.1. The fourth-order valence-electron chi connectivity index (χ4n) is 1.66. The molecule has 18 heavy (non-hydrogen) atoms. The average Bonchev–Trinajstić information content (AvgIpc) is 2.34. The summed E-state index contributed by atoms with van der Waals surface area (Å²) in [6, 6.07) is 9.37. The summed E-state index contributed by atoms with van der Waals surface area (Å²) in [5.41, 5.74) is 0.979. The van der Waals surface area contributed by atoms with Crippen LogP contribution in [-0.2, 0) is 6.42 Å². The molecule has 0 amide bonds. The van der Waals surface area contributed by atoms with E-state index in [1.165, 1.54) is 18.2 Å². The van der Waals surface area contributed by atoms with Crippen molar-refractivity contribution in [2.75, 3.05) is 0 Å². The van der Waals surface area contributed by atoms with Gasteiger partial charge in [0, 0.05) is 5.56 Å². The van der Waals surface area contributed by atoms with Crippen LogP contribution in [0, 0.1) is 28.8 Å². The summed E-state index contributed by atoms with van der Waals surface area (Å²) >= 11 is 0. The van der Waals surface area contributed by atoms with Gasteiger partial charge in [0.1, 0.15) is 5.82 Å². The second kappa shape index (κ2) is 4.92. The first-order chi connectivity index (χ1) is 8.61. The molecule has 2 aromatic rings. The highest BCUT2D eigenvalue weighted by Crippen LogP contribution is 2.25. The van der Waals surface area contributed by atoms with E-state index in [0.29, 0.717) is 5.56 Å². The van der Waals surface area contributed by atoms with Crippen LogP contribution in [0.5, 0.6) is 0 Å². The van der Waals surface area contributed by atoms with Crippen molar-refractivity contribution in [3.63, 3.8) is 0 Å². The number of nitriles is 1. The van der Waals surface area contributed by atoms with E-state index >= 15 is 0 Å². The molecular formula is C14H8F3N. The van der Waals surface area contributed by atoms with E-state index < -0.39 is 17.5 Å². The third kappa shape index (κ3) is 2.35. The van der Waals surface area contributed by atoms with Crippen LogP contribution in [0.1, 0.15) is 5.56 Å². The summed E-state index contributed by atoms with van der Waals surface area (Å²) in [4.78, 5) is 0. The average molecular weight is 247 g/mol. The third-order valence-electron chi connectivity index (χ3n) is 2.55. The Kier molecular flexibility index (Phi) is 3.33. The summed E-state index contributed by atoms with van der Waals surface area (Å²) in [5, 5.41) is 8.50. The normalized spacial score (nSPS) is 10.1. The first-order valence-electron chi connectivity index (χ1n) is 5.22. The molecule has 0 fully saturated rings. The standard InChI is InChI=1S/C14H8F3N/c15-12-4-2-10(8-14(12)17)11-3-1-9(5-6-18)7-13(11)16/h1-4,7-8H,5H2. The van der Waals surface area contributed by atoms with Crippen molar-refractivity contribution in [2.24, 2.45) is 0 Å². The highest BCUT2D eigenvalue weighted by Gasteiger charge is 2.09. The van der Waals surface area contributed by atoms with Gasteiger partial charge in [-0.2, -0.15) is 5.26 Å². The molecule has 0 aliphatic rings. The molecule has 1 nitrogen and oxygen atoms in total. The van der Waals surface area contributed by atoms with Crippen LogP contribution >= 0.6 is 0 Å². The molecule has 2 aromatic carbocycles. The maximum atomic E-state index is 13.8. The second-order valence-electron chi connectivity index (χ2n) is 3.78. The Morgan fingerprint density at radius 3 is 2.28 bits per heavy atom. The van der Waals surface area contributed by atoms with Crippen molar-refractivity contribution < 1.29 is 13.2 Å². The monoisotopic (exact) mass is 247 g/mol. The van der Waals surface area contributed by atoms with Gasteiger partial charge < -0.3 is 0 Å². The number of halogens is 3. The lowest BCUT2D eigenvalue weighted by Crippen LogP contribution is -1.91. The molecule has 0 aliphatic heterocycles. The van der Waals surface area contributed by atoms with Crippen molar-refractivity contribution in [3.8, 4) is 17.2 Å². The smallest absolute Gasteiger partial charge is 0.159 e. The lowest BCUT2D eigenvalue weighted by molar-refractivity contribution is 0.509. The predicted octanol–water partition coefficient (Wildman–Crippen LogP) is 3.84. The van der Waals surface area contributed by atoms with Crippen molar-refractivity contribution in [2.45, 2.75) is 6.42 Å². The molecule has 0 spiro atoms. The van der Waals surface area contributed by atoms with Crippen LogP contribution in [0.4, 0.5) is 13.2 Å². The van der Waals surface area contributed by atoms with Crippen LogP contribution in [0.15, 0.2) is 36.4 Å². The van der Waals surface area contributed by atoms with Crippen molar-refractivity contribution in [1.82, 2.24) is 0 Å². The van der Waals surface area contributed by atoms with Crippen LogP contribution in [-0.4, -0.2) is 0 Å². The van der Waals surface area contributed by atoms with Crippen LogP contribution in [0.2, 0.25) is 0 Å². The molecule has 4 heteroatoms. The van der Waals surface area contributed by atoms with Crippen LogP contribution < -0.4 is 0 Å². The molecule has 2 rings (SSSR count). The molecule has 0 aliphatic carbocycles. The van der Waals surface area contributed by atoms with E-state index in [2.05, 4.69) is 0 Å². The van der Waals surface area contributed by atoms with Gasteiger partial charge in [0.25, 0.3) is 0 Å². The van der Waals surface area contributed by atoms with E-state index in [1.54, 1.807) is 6.07 Å². The molecule has 0 saturated carbocycles. The second-order valence-corrected chi connectivity index (χ2v) is 3.78. The summed E-state index contributed by atoms with van der Waals surface area (Å²) in [7, 11) is 0. The van der Waals surface area contributed by atoms with Gasteiger partial charge in [-0.3, -0.25) is 0 Å². The zero-order valence-corrected chi connectivity index (χ0v) is 9.25. The molecule has 0 bridgehead atoms. The van der Waals surface area contributed by atoms with E-state index in [-0.39, 0.29) is 17.5 Å². The minimum absolute atomic E-state index is 0.106. The van der Waals surface area contributed by atoms with E-state index in [4.69, 9.17) is 5.26 Å². The maximum Gasteiger partial charge on any atom is 0.159 e. The highest BCUT2D eigenvalue weighted by molar-refractivity contribution is 5.64. The summed E-state index contributed by atoms with van der Waals surface area (Å²) in [5.74, 6) is -2.55. The number of hydrogen-bond donors (Lipinski definition) is 0. The Balaban J connectivity index is 2.45. The Bertz CT molecular complexity index is 629. The molecule has 0 unspecified atom stereocenters. The topological polar surface area (TPSA) is 23.8 Å². The van der Waals surface area contributed by atoms with Gasteiger partial charge in [-0.25, -0.2) is 13.2 Å². The lowest BCUT2D eigenvalue weighted by atomic mass is 10.0. The number of hydrogen-bond acceptors (Lipinski definition) is 1. The van der Waals surface area contributed by atoms with Gasteiger partial charge >= 0.3 is 0 Å². The molecule has 90 valence electrons. The molecule has 0 aromatic heterocycles. The lowest BCUT2D eigenvalue weighted by Gasteiger charge is -2.05. The molecule has 0 N–H and O–H groups in total. The SMILES string of the molecule is N#CCc1ccc(-c2ccc(F)c(F)c2)c(F)c1. The predicted molar refractivity (Wildman–Crippen MR) is 61.1 cm³/mol. The minimum Gasteiger partial charge on any atom is -0.206 e. The van der Waals surface area contributed by atoms with Crippen molar-refractivity contribution in [3.05, 3.63) is 59.4 Å². The molecule has 0 saturated heterocycles. The number of benzene rings is 2. The fourth-order valence-corrected chi connectivity index (χ4v) is 1.66. The maximum absolute atomic E-state index is 13.8. The largest absolute Gasteiger partial charge is 0.206 e. The minimum atomic E-state index is -1.02. The molecule has 0 radical (unpaired) electrons. The quantitative estimate of drug-likeness (QED) is 0.791. The van der Waals surface area contributed by atoms with Gasteiger partial charge in [0.05, 0.1) is 12.5 Å². The first-order valence-corrected chi connectivity index (χ1v) is 5.22.